The van der Waals surface area contributed by atoms with Gasteiger partial charge in [-0.2, -0.15) is 0 Å². The molecule has 0 bridgehead atoms. The molecule has 27 heavy (non-hydrogen) atoms. The van der Waals surface area contributed by atoms with Gasteiger partial charge in [0.15, 0.2) is 0 Å². The molecule has 0 spiro atoms. The molecule has 0 aliphatic rings. The summed E-state index contributed by atoms with van der Waals surface area (Å²) >= 11 is 0. The second-order valence-corrected chi connectivity index (χ2v) is 6.92. The molecular weight excluding hydrogens is 340 g/mol. The van der Waals surface area contributed by atoms with Gasteiger partial charge in [0, 0.05) is 25.0 Å². The smallest absolute Gasteiger partial charge is 0.329 e. The molecule has 0 saturated heterocycles. The van der Waals surface area contributed by atoms with Crippen molar-refractivity contribution in [1.82, 2.24) is 9.88 Å². The van der Waals surface area contributed by atoms with E-state index < -0.39 is 6.04 Å². The molecule has 0 aliphatic carbocycles. The van der Waals surface area contributed by atoms with E-state index in [2.05, 4.69) is 11.1 Å². The molecule has 0 aliphatic heterocycles. The van der Waals surface area contributed by atoms with Crippen LogP contribution in [0.15, 0.2) is 48.8 Å². The Morgan fingerprint density at radius 3 is 2.30 bits per heavy atom. The van der Waals surface area contributed by atoms with Gasteiger partial charge in [-0.05, 0) is 55.0 Å². The highest BCUT2D eigenvalue weighted by atomic mass is 16.5. The molecule has 0 unspecified atom stereocenters. The number of aryl methyl sites for hydroxylation is 2. The Hall–Kier alpha value is -2.69. The maximum Gasteiger partial charge on any atom is 0.329 e. The van der Waals surface area contributed by atoms with E-state index >= 15 is 0 Å². The zero-order valence-electron chi connectivity index (χ0n) is 16.5. The predicted molar refractivity (Wildman–Crippen MR) is 105 cm³/mol. The number of ether oxygens (including phenoxy) is 1. The van der Waals surface area contributed by atoms with Crippen LogP contribution in [-0.2, 0) is 22.4 Å². The Morgan fingerprint density at radius 2 is 1.74 bits per heavy atom. The molecule has 5 heteroatoms. The molecule has 2 rings (SSSR count). The van der Waals surface area contributed by atoms with Gasteiger partial charge in [0.05, 0.1) is 6.61 Å². The average molecular weight is 368 g/mol. The van der Waals surface area contributed by atoms with Crippen molar-refractivity contribution in [3.05, 3.63) is 65.5 Å². The van der Waals surface area contributed by atoms with Gasteiger partial charge >= 0.3 is 5.97 Å². The van der Waals surface area contributed by atoms with Crippen LogP contribution < -0.4 is 0 Å². The first-order valence-electron chi connectivity index (χ1n) is 9.35. The lowest BCUT2D eigenvalue weighted by Gasteiger charge is -2.29. The monoisotopic (exact) mass is 368 g/mol. The van der Waals surface area contributed by atoms with Crippen molar-refractivity contribution < 1.29 is 14.3 Å². The fourth-order valence-electron chi connectivity index (χ4n) is 3.08. The van der Waals surface area contributed by atoms with Crippen LogP contribution in [0.5, 0.6) is 0 Å². The summed E-state index contributed by atoms with van der Waals surface area (Å²) in [6.45, 7) is 5.89. The minimum absolute atomic E-state index is 0.0308. The van der Waals surface area contributed by atoms with E-state index in [1.54, 1.807) is 20.2 Å². The molecule has 5 nitrogen and oxygen atoms in total. The number of hydrogen-bond donors (Lipinski definition) is 0. The van der Waals surface area contributed by atoms with Crippen LogP contribution in [0.3, 0.4) is 0 Å². The SMILES string of the molecule is CCOC(=O)[C@H](C(C)C)N(C)C(=O)c1ccc(CCc2cccnc2)cc1. The van der Waals surface area contributed by atoms with E-state index in [1.807, 2.05) is 50.4 Å². The van der Waals surface area contributed by atoms with Gasteiger partial charge in [0.25, 0.3) is 5.91 Å². The Labute approximate surface area is 161 Å². The zero-order valence-corrected chi connectivity index (χ0v) is 16.5. The fraction of sp³-hybridized carbons (Fsp3) is 0.409. The molecular formula is C22H28N2O3. The summed E-state index contributed by atoms with van der Waals surface area (Å²) in [4.78, 5) is 30.6. The summed E-state index contributed by atoms with van der Waals surface area (Å²) < 4.78 is 5.13. The molecule has 0 saturated carbocycles. The lowest BCUT2D eigenvalue weighted by Crippen LogP contribution is -2.46. The average Bonchev–Trinajstić information content (AvgIpc) is 2.67. The number of hydrogen-bond acceptors (Lipinski definition) is 4. The number of carbonyl (C=O) groups excluding carboxylic acids is 2. The lowest BCUT2D eigenvalue weighted by molar-refractivity contribution is -0.149. The third kappa shape index (κ3) is 5.64. The molecule has 1 aromatic carbocycles. The highest BCUT2D eigenvalue weighted by molar-refractivity contribution is 5.96. The number of amides is 1. The Balaban J connectivity index is 2.04. The summed E-state index contributed by atoms with van der Waals surface area (Å²) in [6, 6.07) is 11.0. The van der Waals surface area contributed by atoms with Crippen molar-refractivity contribution in [2.24, 2.45) is 5.92 Å². The van der Waals surface area contributed by atoms with Crippen LogP contribution in [0.25, 0.3) is 0 Å². The molecule has 0 fully saturated rings. The third-order valence-electron chi connectivity index (χ3n) is 4.52. The van der Waals surface area contributed by atoms with E-state index in [4.69, 9.17) is 4.74 Å². The Kier molecular flexibility index (Phi) is 7.53. The van der Waals surface area contributed by atoms with Crippen LogP contribution in [0.2, 0.25) is 0 Å². The molecule has 0 radical (unpaired) electrons. The van der Waals surface area contributed by atoms with E-state index in [-0.39, 0.29) is 17.8 Å². The number of esters is 1. The van der Waals surface area contributed by atoms with E-state index in [9.17, 15) is 9.59 Å². The minimum atomic E-state index is -0.595. The molecule has 144 valence electrons. The highest BCUT2D eigenvalue weighted by Gasteiger charge is 2.31. The topological polar surface area (TPSA) is 59.5 Å². The number of pyridine rings is 1. The normalized spacial score (nSPS) is 11.9. The van der Waals surface area contributed by atoms with Crippen LogP contribution in [0, 0.1) is 5.92 Å². The van der Waals surface area contributed by atoms with Gasteiger partial charge in [-0.15, -0.1) is 0 Å². The van der Waals surface area contributed by atoms with E-state index in [0.717, 1.165) is 18.4 Å². The van der Waals surface area contributed by atoms with Gasteiger partial charge in [0.1, 0.15) is 6.04 Å². The molecule has 1 aromatic heterocycles. The molecule has 2 aromatic rings. The van der Waals surface area contributed by atoms with Gasteiger partial charge in [-0.1, -0.05) is 32.0 Å². The van der Waals surface area contributed by atoms with Gasteiger partial charge in [-0.3, -0.25) is 9.78 Å². The minimum Gasteiger partial charge on any atom is -0.464 e. The largest absolute Gasteiger partial charge is 0.464 e. The second kappa shape index (κ2) is 9.86. The van der Waals surface area contributed by atoms with Crippen LogP contribution in [0.1, 0.15) is 42.3 Å². The first kappa shape index (κ1) is 20.6. The Bertz CT molecular complexity index is 742. The number of rotatable bonds is 8. The number of carbonyl (C=O) groups is 2. The van der Waals surface area contributed by atoms with Crippen molar-refractivity contribution in [3.63, 3.8) is 0 Å². The Morgan fingerprint density at radius 1 is 1.07 bits per heavy atom. The maximum atomic E-state index is 12.8. The number of nitrogens with zero attached hydrogens (tertiary/aromatic N) is 2. The van der Waals surface area contributed by atoms with Crippen molar-refractivity contribution in [3.8, 4) is 0 Å². The molecule has 1 heterocycles. The van der Waals surface area contributed by atoms with Gasteiger partial charge in [0.2, 0.25) is 0 Å². The van der Waals surface area contributed by atoms with Crippen LogP contribution in [-0.4, -0.2) is 41.5 Å². The van der Waals surface area contributed by atoms with Crippen molar-refractivity contribution in [2.45, 2.75) is 39.7 Å². The maximum absolute atomic E-state index is 12.8. The summed E-state index contributed by atoms with van der Waals surface area (Å²) in [5.41, 5.74) is 2.91. The van der Waals surface area contributed by atoms with Crippen molar-refractivity contribution >= 4 is 11.9 Å². The highest BCUT2D eigenvalue weighted by Crippen LogP contribution is 2.16. The zero-order chi connectivity index (χ0) is 19.8. The first-order valence-corrected chi connectivity index (χ1v) is 9.35. The number of benzene rings is 1. The van der Waals surface area contributed by atoms with Gasteiger partial charge in [-0.25, -0.2) is 4.79 Å². The van der Waals surface area contributed by atoms with E-state index in [0.29, 0.717) is 12.2 Å². The lowest BCUT2D eigenvalue weighted by atomic mass is 10.0. The fourth-order valence-corrected chi connectivity index (χ4v) is 3.08. The van der Waals surface area contributed by atoms with Crippen molar-refractivity contribution in [2.75, 3.05) is 13.7 Å². The molecule has 0 N–H and O–H groups in total. The predicted octanol–water partition coefficient (Wildman–Crippen LogP) is 3.53. The molecule has 1 amide bonds. The summed E-state index contributed by atoms with van der Waals surface area (Å²) in [5, 5.41) is 0. The number of likely N-dealkylation sites (N-methyl/N-ethyl adjacent to an activating group) is 1. The summed E-state index contributed by atoms with van der Waals surface area (Å²) in [7, 11) is 1.65. The van der Waals surface area contributed by atoms with E-state index in [1.165, 1.54) is 10.5 Å². The standard InChI is InChI=1S/C22H28N2O3/c1-5-27-22(26)20(16(2)3)24(4)21(25)19-12-10-17(11-13-19)8-9-18-7-6-14-23-15-18/h6-7,10-16,20H,5,8-9H2,1-4H3/t20-/m0/s1. The quantitative estimate of drug-likeness (QED) is 0.669. The first-order chi connectivity index (χ1) is 12.9. The summed E-state index contributed by atoms with van der Waals surface area (Å²) in [6.07, 6.45) is 5.42. The summed E-state index contributed by atoms with van der Waals surface area (Å²) in [5.74, 6) is -0.575. The van der Waals surface area contributed by atoms with Gasteiger partial charge < -0.3 is 9.64 Å². The molecule has 1 atom stereocenters. The van der Waals surface area contributed by atoms with Crippen LogP contribution >= 0.6 is 0 Å². The van der Waals surface area contributed by atoms with Crippen molar-refractivity contribution in [1.29, 1.82) is 0 Å². The number of aromatic nitrogens is 1. The second-order valence-electron chi connectivity index (χ2n) is 6.92. The third-order valence-corrected chi connectivity index (χ3v) is 4.52. The van der Waals surface area contributed by atoms with Crippen LogP contribution in [0.4, 0.5) is 0 Å².